The van der Waals surface area contributed by atoms with Crippen molar-refractivity contribution in [2.24, 2.45) is 0 Å². The van der Waals surface area contributed by atoms with Crippen molar-refractivity contribution in [1.82, 2.24) is 10.6 Å². The highest BCUT2D eigenvalue weighted by atomic mass is 15.1. The molecule has 0 aliphatic carbocycles. The highest BCUT2D eigenvalue weighted by Crippen LogP contribution is 1.82. The topological polar surface area (TPSA) is 24.1 Å². The van der Waals surface area contributed by atoms with Crippen LogP contribution in [-0.4, -0.2) is 19.8 Å². The molecule has 9 heavy (non-hydrogen) atoms. The van der Waals surface area contributed by atoms with Gasteiger partial charge in [0.1, 0.15) is 0 Å². The number of nitrogens with one attached hydrogen (secondary N) is 2. The molecular weight excluding hydrogens is 112 g/mol. The second-order valence-electron chi connectivity index (χ2n) is 2.32. The van der Waals surface area contributed by atoms with Gasteiger partial charge in [0.2, 0.25) is 0 Å². The standard InChI is InChI=1S/C7H18N2/c1-4-5-6-9-7(2)8-3/h7-9H,4-6H2,1-3H3. The van der Waals surface area contributed by atoms with Crippen LogP contribution < -0.4 is 10.6 Å². The second kappa shape index (κ2) is 6.05. The van der Waals surface area contributed by atoms with E-state index in [1.54, 1.807) is 0 Å². The van der Waals surface area contributed by atoms with Crippen LogP contribution in [0.3, 0.4) is 0 Å². The third kappa shape index (κ3) is 5.80. The smallest absolute Gasteiger partial charge is 0.0540 e. The van der Waals surface area contributed by atoms with Gasteiger partial charge in [0.05, 0.1) is 6.17 Å². The van der Waals surface area contributed by atoms with E-state index in [2.05, 4.69) is 24.5 Å². The van der Waals surface area contributed by atoms with Crippen LogP contribution in [0.5, 0.6) is 0 Å². The zero-order valence-corrected chi connectivity index (χ0v) is 6.70. The predicted octanol–water partition coefficient (Wildman–Crippen LogP) is 0.942. The summed E-state index contributed by atoms with van der Waals surface area (Å²) in [6, 6.07) is 0. The van der Waals surface area contributed by atoms with Crippen LogP contribution in [0.4, 0.5) is 0 Å². The molecule has 2 nitrogen and oxygen atoms in total. The third-order valence-corrected chi connectivity index (χ3v) is 1.41. The Balaban J connectivity index is 2.88. The summed E-state index contributed by atoms with van der Waals surface area (Å²) in [5.74, 6) is 0. The van der Waals surface area contributed by atoms with Crippen molar-refractivity contribution >= 4 is 0 Å². The lowest BCUT2D eigenvalue weighted by Gasteiger charge is -2.10. The Morgan fingerprint density at radius 3 is 2.56 bits per heavy atom. The van der Waals surface area contributed by atoms with E-state index < -0.39 is 0 Å². The molecule has 0 fully saturated rings. The van der Waals surface area contributed by atoms with Gasteiger partial charge in [-0.1, -0.05) is 13.3 Å². The van der Waals surface area contributed by atoms with Gasteiger partial charge >= 0.3 is 0 Å². The lowest BCUT2D eigenvalue weighted by atomic mass is 10.3. The van der Waals surface area contributed by atoms with Crippen LogP contribution in [0.1, 0.15) is 26.7 Å². The summed E-state index contributed by atoms with van der Waals surface area (Å²) >= 11 is 0. The second-order valence-corrected chi connectivity index (χ2v) is 2.32. The van der Waals surface area contributed by atoms with E-state index in [0.717, 1.165) is 6.54 Å². The Labute approximate surface area is 58.0 Å². The molecule has 0 spiro atoms. The van der Waals surface area contributed by atoms with E-state index in [0.29, 0.717) is 6.17 Å². The van der Waals surface area contributed by atoms with Gasteiger partial charge in [-0.3, -0.25) is 0 Å². The highest BCUT2D eigenvalue weighted by Gasteiger charge is 1.92. The third-order valence-electron chi connectivity index (χ3n) is 1.41. The van der Waals surface area contributed by atoms with Crippen molar-refractivity contribution < 1.29 is 0 Å². The fourth-order valence-electron chi connectivity index (χ4n) is 0.597. The molecule has 2 heteroatoms. The molecule has 56 valence electrons. The first-order valence-electron chi connectivity index (χ1n) is 3.72. The number of hydrogen-bond acceptors (Lipinski definition) is 2. The molecule has 1 unspecified atom stereocenters. The Bertz CT molecular complexity index is 54.9. The maximum atomic E-state index is 3.32. The predicted molar refractivity (Wildman–Crippen MR) is 41.4 cm³/mol. The van der Waals surface area contributed by atoms with Crippen LogP contribution in [0.15, 0.2) is 0 Å². The fourth-order valence-corrected chi connectivity index (χ4v) is 0.597. The zero-order valence-electron chi connectivity index (χ0n) is 6.70. The van der Waals surface area contributed by atoms with Crippen LogP contribution in [0.25, 0.3) is 0 Å². The van der Waals surface area contributed by atoms with Crippen LogP contribution in [0, 0.1) is 0 Å². The van der Waals surface area contributed by atoms with Crippen molar-refractivity contribution in [1.29, 1.82) is 0 Å². The first kappa shape index (κ1) is 8.92. The summed E-state index contributed by atoms with van der Waals surface area (Å²) < 4.78 is 0. The summed E-state index contributed by atoms with van der Waals surface area (Å²) in [6.45, 7) is 5.44. The molecule has 0 amide bonds. The molecule has 0 aromatic heterocycles. The van der Waals surface area contributed by atoms with Crippen molar-refractivity contribution in [3.63, 3.8) is 0 Å². The first-order valence-corrected chi connectivity index (χ1v) is 3.72. The molecule has 2 N–H and O–H groups in total. The summed E-state index contributed by atoms with van der Waals surface area (Å²) in [4.78, 5) is 0. The minimum absolute atomic E-state index is 0.455. The SMILES string of the molecule is CCCCNC(C)NC. The first-order chi connectivity index (χ1) is 4.31. The molecular formula is C7H18N2. The largest absolute Gasteiger partial charge is 0.305 e. The van der Waals surface area contributed by atoms with E-state index in [9.17, 15) is 0 Å². The van der Waals surface area contributed by atoms with Gasteiger partial charge in [0, 0.05) is 0 Å². The lowest BCUT2D eigenvalue weighted by Crippen LogP contribution is -2.37. The van der Waals surface area contributed by atoms with E-state index in [1.165, 1.54) is 12.8 Å². The van der Waals surface area contributed by atoms with Gasteiger partial charge in [0.25, 0.3) is 0 Å². The average molecular weight is 130 g/mol. The molecule has 0 aromatic carbocycles. The van der Waals surface area contributed by atoms with E-state index in [1.807, 2.05) is 7.05 Å². The minimum atomic E-state index is 0.455. The average Bonchev–Trinajstić information content (AvgIpc) is 1.89. The van der Waals surface area contributed by atoms with E-state index in [4.69, 9.17) is 0 Å². The van der Waals surface area contributed by atoms with E-state index in [-0.39, 0.29) is 0 Å². The summed E-state index contributed by atoms with van der Waals surface area (Å²) in [5, 5.41) is 6.43. The monoisotopic (exact) mass is 130 g/mol. The van der Waals surface area contributed by atoms with Crippen molar-refractivity contribution in [2.45, 2.75) is 32.9 Å². The molecule has 0 saturated heterocycles. The van der Waals surface area contributed by atoms with Crippen LogP contribution >= 0.6 is 0 Å². The molecule has 0 radical (unpaired) electrons. The van der Waals surface area contributed by atoms with Crippen LogP contribution in [0.2, 0.25) is 0 Å². The van der Waals surface area contributed by atoms with Gasteiger partial charge in [-0.15, -0.1) is 0 Å². The molecule has 1 atom stereocenters. The fraction of sp³-hybridized carbons (Fsp3) is 1.00. The summed E-state index contributed by atoms with van der Waals surface area (Å²) in [7, 11) is 1.96. The highest BCUT2D eigenvalue weighted by molar-refractivity contribution is 4.52. The Kier molecular flexibility index (Phi) is 5.99. The normalized spacial score (nSPS) is 13.7. The number of rotatable bonds is 5. The number of unbranched alkanes of at least 4 members (excludes halogenated alkanes) is 1. The number of hydrogen-bond donors (Lipinski definition) is 2. The van der Waals surface area contributed by atoms with Gasteiger partial charge in [-0.2, -0.15) is 0 Å². The maximum absolute atomic E-state index is 3.32. The quantitative estimate of drug-likeness (QED) is 0.427. The summed E-state index contributed by atoms with van der Waals surface area (Å²) in [5.41, 5.74) is 0. The summed E-state index contributed by atoms with van der Waals surface area (Å²) in [6.07, 6.45) is 2.99. The zero-order chi connectivity index (χ0) is 7.11. The maximum Gasteiger partial charge on any atom is 0.0540 e. The minimum Gasteiger partial charge on any atom is -0.305 e. The lowest BCUT2D eigenvalue weighted by molar-refractivity contribution is 0.481. The molecule has 0 rings (SSSR count). The van der Waals surface area contributed by atoms with Gasteiger partial charge in [0.15, 0.2) is 0 Å². The van der Waals surface area contributed by atoms with Gasteiger partial charge < -0.3 is 10.6 Å². The molecule has 0 aromatic rings. The van der Waals surface area contributed by atoms with Crippen molar-refractivity contribution in [3.05, 3.63) is 0 Å². The van der Waals surface area contributed by atoms with Gasteiger partial charge in [-0.25, -0.2) is 0 Å². The molecule has 0 aliphatic rings. The van der Waals surface area contributed by atoms with Crippen LogP contribution in [-0.2, 0) is 0 Å². The van der Waals surface area contributed by atoms with Gasteiger partial charge in [-0.05, 0) is 26.9 Å². The molecule has 0 aliphatic heterocycles. The van der Waals surface area contributed by atoms with Crippen molar-refractivity contribution in [3.8, 4) is 0 Å². The molecule has 0 heterocycles. The Morgan fingerprint density at radius 1 is 1.44 bits per heavy atom. The molecule has 0 saturated carbocycles. The van der Waals surface area contributed by atoms with Crippen molar-refractivity contribution in [2.75, 3.05) is 13.6 Å². The van der Waals surface area contributed by atoms with E-state index >= 15 is 0 Å². The molecule has 0 bridgehead atoms. The Hall–Kier alpha value is -0.0800. The Morgan fingerprint density at radius 2 is 2.11 bits per heavy atom.